The molecule has 1 aromatic carbocycles. The molecular weight excluding hydrogens is 358 g/mol. The van der Waals surface area contributed by atoms with Crippen molar-refractivity contribution in [1.29, 1.82) is 0 Å². The molecule has 8 nitrogen and oxygen atoms in total. The molecule has 1 fully saturated rings. The van der Waals surface area contributed by atoms with Gasteiger partial charge in [-0.05, 0) is 38.0 Å². The lowest BCUT2D eigenvalue weighted by Crippen LogP contribution is -2.43. The Morgan fingerprint density at radius 1 is 1.31 bits per heavy atom. The van der Waals surface area contributed by atoms with Gasteiger partial charge in [0.2, 0.25) is 5.91 Å². The molecule has 2 aromatic rings. The second-order valence-corrected chi connectivity index (χ2v) is 8.28. The highest BCUT2D eigenvalue weighted by molar-refractivity contribution is 7.90. The molecule has 0 radical (unpaired) electrons. The van der Waals surface area contributed by atoms with E-state index in [0.29, 0.717) is 31.0 Å². The fourth-order valence-corrected chi connectivity index (χ4v) is 3.61. The number of sulfone groups is 1. The first-order valence-corrected chi connectivity index (χ1v) is 10.00. The first-order valence-electron chi connectivity index (χ1n) is 8.11. The molecule has 1 atom stereocenters. The lowest BCUT2D eigenvalue weighted by Gasteiger charge is -2.23. The molecule has 0 saturated carbocycles. The van der Waals surface area contributed by atoms with Crippen LogP contribution in [0.1, 0.15) is 29.0 Å². The molecule has 1 saturated heterocycles. The predicted octanol–water partition coefficient (Wildman–Crippen LogP) is 1.63. The summed E-state index contributed by atoms with van der Waals surface area (Å²) in [6, 6.07) is 6.80. The summed E-state index contributed by atoms with van der Waals surface area (Å²) in [6.07, 6.45) is 2.30. The molecule has 0 spiro atoms. The highest BCUT2D eigenvalue weighted by Crippen LogP contribution is 2.23. The molecule has 2 heterocycles. The second-order valence-electron chi connectivity index (χ2n) is 6.27. The van der Waals surface area contributed by atoms with E-state index in [1.54, 1.807) is 19.1 Å². The summed E-state index contributed by atoms with van der Waals surface area (Å²) in [6.45, 7) is 2.14. The molecule has 0 unspecified atom stereocenters. The number of amides is 2. The zero-order valence-electron chi connectivity index (χ0n) is 14.4. The van der Waals surface area contributed by atoms with Gasteiger partial charge in [-0.2, -0.15) is 0 Å². The van der Waals surface area contributed by atoms with E-state index >= 15 is 0 Å². The summed E-state index contributed by atoms with van der Waals surface area (Å²) in [5.74, 6) is 0.149. The van der Waals surface area contributed by atoms with Gasteiger partial charge >= 0.3 is 0 Å². The van der Waals surface area contributed by atoms with Crippen LogP contribution >= 0.6 is 0 Å². The first kappa shape index (κ1) is 18.1. The van der Waals surface area contributed by atoms with Gasteiger partial charge < -0.3 is 14.7 Å². The van der Waals surface area contributed by atoms with Gasteiger partial charge in [-0.25, -0.2) is 8.42 Å². The monoisotopic (exact) mass is 377 g/mol. The molecule has 1 aliphatic heterocycles. The number of anilines is 1. The smallest absolute Gasteiger partial charge is 0.254 e. The van der Waals surface area contributed by atoms with Crippen molar-refractivity contribution in [1.82, 2.24) is 10.1 Å². The number of hydrogen-bond donors (Lipinski definition) is 1. The SMILES string of the molecule is Cc1cc(NC(=O)[C@@H]2CCCN2C(=O)c2cccc(S(C)(=O)=O)c2)no1. The topological polar surface area (TPSA) is 110 Å². The molecular formula is C17H19N3O5S. The van der Waals surface area contributed by atoms with E-state index in [2.05, 4.69) is 10.5 Å². The standard InChI is InChI=1S/C17H19N3O5S/c1-11-9-15(19-25-11)18-16(21)14-7-4-8-20(14)17(22)12-5-3-6-13(10-12)26(2,23)24/h3,5-6,9-10,14H,4,7-8H2,1-2H3,(H,18,19,21)/t14-/m0/s1. The van der Waals surface area contributed by atoms with Crippen LogP contribution < -0.4 is 5.32 Å². The van der Waals surface area contributed by atoms with Crippen LogP contribution in [-0.2, 0) is 14.6 Å². The van der Waals surface area contributed by atoms with Crippen molar-refractivity contribution in [2.24, 2.45) is 0 Å². The quantitative estimate of drug-likeness (QED) is 0.867. The van der Waals surface area contributed by atoms with Gasteiger partial charge in [0.25, 0.3) is 5.91 Å². The van der Waals surface area contributed by atoms with E-state index in [4.69, 9.17) is 4.52 Å². The number of aromatic nitrogens is 1. The van der Waals surface area contributed by atoms with Gasteiger partial charge in [0.1, 0.15) is 11.8 Å². The minimum Gasteiger partial charge on any atom is -0.360 e. The Morgan fingerprint density at radius 2 is 2.08 bits per heavy atom. The number of aryl methyl sites for hydroxylation is 1. The molecule has 9 heteroatoms. The zero-order valence-corrected chi connectivity index (χ0v) is 15.2. The number of hydrogen-bond acceptors (Lipinski definition) is 6. The van der Waals surface area contributed by atoms with Crippen molar-refractivity contribution in [3.8, 4) is 0 Å². The molecule has 3 rings (SSSR count). The van der Waals surface area contributed by atoms with Crippen molar-refractivity contribution in [3.63, 3.8) is 0 Å². The van der Waals surface area contributed by atoms with Crippen LogP contribution in [-0.4, -0.2) is 49.1 Å². The Bertz CT molecular complexity index is 951. The maximum Gasteiger partial charge on any atom is 0.254 e. The molecule has 1 N–H and O–H groups in total. The Labute approximate surface area is 151 Å². The maximum atomic E-state index is 12.8. The van der Waals surface area contributed by atoms with Crippen LogP contribution in [0, 0.1) is 6.92 Å². The van der Waals surface area contributed by atoms with E-state index in [1.165, 1.54) is 23.1 Å². The summed E-state index contributed by atoms with van der Waals surface area (Å²) in [4.78, 5) is 26.9. The van der Waals surface area contributed by atoms with E-state index in [0.717, 1.165) is 6.26 Å². The number of nitrogens with zero attached hydrogens (tertiary/aromatic N) is 2. The summed E-state index contributed by atoms with van der Waals surface area (Å²) >= 11 is 0. The number of rotatable bonds is 4. The summed E-state index contributed by atoms with van der Waals surface area (Å²) in [5.41, 5.74) is 0.241. The van der Waals surface area contributed by atoms with E-state index in [1.807, 2.05) is 0 Å². The van der Waals surface area contributed by atoms with E-state index in [-0.39, 0.29) is 22.3 Å². The number of benzene rings is 1. The van der Waals surface area contributed by atoms with Gasteiger partial charge in [-0.1, -0.05) is 11.2 Å². The van der Waals surface area contributed by atoms with Crippen LogP contribution in [0.4, 0.5) is 5.82 Å². The Morgan fingerprint density at radius 3 is 2.73 bits per heavy atom. The average Bonchev–Trinajstić information content (AvgIpc) is 3.22. The largest absolute Gasteiger partial charge is 0.360 e. The number of carbonyl (C=O) groups is 2. The Kier molecular flexibility index (Phi) is 4.82. The van der Waals surface area contributed by atoms with Gasteiger partial charge in [0.15, 0.2) is 15.7 Å². The van der Waals surface area contributed by atoms with Crippen LogP contribution in [0.25, 0.3) is 0 Å². The minimum atomic E-state index is -3.42. The van der Waals surface area contributed by atoms with Crippen LogP contribution in [0.5, 0.6) is 0 Å². The zero-order chi connectivity index (χ0) is 18.9. The fourth-order valence-electron chi connectivity index (χ4n) is 2.94. The molecule has 138 valence electrons. The van der Waals surface area contributed by atoms with Gasteiger partial charge in [0, 0.05) is 24.4 Å². The molecule has 0 bridgehead atoms. The second kappa shape index (κ2) is 6.91. The fraction of sp³-hybridized carbons (Fsp3) is 0.353. The van der Waals surface area contributed by atoms with Gasteiger partial charge in [0.05, 0.1) is 4.90 Å². The van der Waals surface area contributed by atoms with Crippen molar-refractivity contribution >= 4 is 27.5 Å². The molecule has 2 amide bonds. The minimum absolute atomic E-state index is 0.0709. The number of nitrogens with one attached hydrogen (secondary N) is 1. The van der Waals surface area contributed by atoms with E-state index in [9.17, 15) is 18.0 Å². The lowest BCUT2D eigenvalue weighted by molar-refractivity contribution is -0.119. The normalized spacial score (nSPS) is 17.3. The predicted molar refractivity (Wildman–Crippen MR) is 93.5 cm³/mol. The first-order chi connectivity index (χ1) is 12.3. The van der Waals surface area contributed by atoms with Crippen molar-refractivity contribution in [2.45, 2.75) is 30.7 Å². The van der Waals surface area contributed by atoms with Crippen molar-refractivity contribution < 1.29 is 22.5 Å². The lowest BCUT2D eigenvalue weighted by atomic mass is 10.1. The van der Waals surface area contributed by atoms with Crippen molar-refractivity contribution in [3.05, 3.63) is 41.7 Å². The van der Waals surface area contributed by atoms with Gasteiger partial charge in [-0.3, -0.25) is 9.59 Å². The highest BCUT2D eigenvalue weighted by Gasteiger charge is 2.35. The maximum absolute atomic E-state index is 12.8. The molecule has 0 aliphatic carbocycles. The van der Waals surface area contributed by atoms with E-state index < -0.39 is 15.9 Å². The summed E-state index contributed by atoms with van der Waals surface area (Å²) in [5, 5.41) is 6.36. The number of likely N-dealkylation sites (tertiary alicyclic amines) is 1. The van der Waals surface area contributed by atoms with Gasteiger partial charge in [-0.15, -0.1) is 0 Å². The summed E-state index contributed by atoms with van der Waals surface area (Å²) < 4.78 is 28.3. The highest BCUT2D eigenvalue weighted by atomic mass is 32.2. The van der Waals surface area contributed by atoms with Crippen LogP contribution in [0.3, 0.4) is 0 Å². The van der Waals surface area contributed by atoms with Crippen molar-refractivity contribution in [2.75, 3.05) is 18.1 Å². The molecule has 1 aromatic heterocycles. The third-order valence-corrected chi connectivity index (χ3v) is 5.31. The van der Waals surface area contributed by atoms with Crippen LogP contribution in [0.2, 0.25) is 0 Å². The van der Waals surface area contributed by atoms with Crippen LogP contribution in [0.15, 0.2) is 39.8 Å². The Hall–Kier alpha value is -2.68. The molecule has 26 heavy (non-hydrogen) atoms. The molecule has 1 aliphatic rings. The average molecular weight is 377 g/mol. The number of carbonyl (C=O) groups excluding carboxylic acids is 2. The third-order valence-electron chi connectivity index (χ3n) is 4.20. The third kappa shape index (κ3) is 3.77. The summed E-state index contributed by atoms with van der Waals surface area (Å²) in [7, 11) is -3.42. The Balaban J connectivity index is 1.79.